The Balaban J connectivity index is 1.47. The van der Waals surface area contributed by atoms with Crippen LogP contribution in [0.3, 0.4) is 0 Å². The van der Waals surface area contributed by atoms with E-state index in [2.05, 4.69) is 15.9 Å². The molecule has 4 aliphatic heterocycles. The second-order valence-electron chi connectivity index (χ2n) is 12.7. The van der Waals surface area contributed by atoms with Gasteiger partial charge in [-0.2, -0.15) is 0 Å². The van der Waals surface area contributed by atoms with Crippen LogP contribution in [-0.2, 0) is 28.7 Å². The van der Waals surface area contributed by atoms with E-state index in [1.165, 1.54) is 4.90 Å². The molecule has 4 heterocycles. The molecule has 3 amide bonds. The number of fused-ring (bicyclic) bond motifs is 2. The number of unbranched alkanes of at least 4 members (excludes halogenated alkanes) is 1. The number of carbonyl (C=O) groups is 4. The Hall–Kier alpha value is -3.51. The molecule has 48 heavy (non-hydrogen) atoms. The Morgan fingerprint density at radius 3 is 2.42 bits per heavy atom. The fourth-order valence-corrected chi connectivity index (χ4v) is 8.26. The van der Waals surface area contributed by atoms with Crippen molar-refractivity contribution in [3.05, 3.63) is 87.9 Å². The number of likely N-dealkylation sites (tertiary alicyclic amines) is 1. The molecule has 2 saturated heterocycles. The summed E-state index contributed by atoms with van der Waals surface area (Å²) in [6.45, 7) is 2.12. The lowest BCUT2D eigenvalue weighted by molar-refractivity contribution is -0.164. The number of hydrogen-bond donors (Lipinski definition) is 1. The number of carbonyl (C=O) groups excluding carboxylic acids is 4. The second kappa shape index (κ2) is 14.2. The molecule has 0 radical (unpaired) electrons. The van der Waals surface area contributed by atoms with Crippen LogP contribution < -0.4 is 4.90 Å². The highest BCUT2D eigenvalue weighted by molar-refractivity contribution is 9.11. The number of cyclic esters (lactones) is 1. The number of likely N-dealkylation sites (N-methyl/N-ethyl adjacent to an activating group) is 1. The average molecular weight is 741 g/mol. The van der Waals surface area contributed by atoms with Crippen molar-refractivity contribution in [1.29, 1.82) is 0 Å². The number of rotatable bonds is 6. The number of halogens is 2. The molecule has 254 valence electrons. The van der Waals surface area contributed by atoms with Gasteiger partial charge in [-0.15, -0.1) is 0 Å². The van der Waals surface area contributed by atoms with Crippen LogP contribution in [0.15, 0.2) is 77.3 Å². The zero-order chi connectivity index (χ0) is 34.2. The summed E-state index contributed by atoms with van der Waals surface area (Å²) in [7, 11) is 1.69. The number of aliphatic hydroxyl groups is 1. The smallest absolute Gasteiger partial charge is 0.313 e. The number of aliphatic hydroxyl groups excluding tert-OH is 1. The normalized spacial score (nSPS) is 31.6. The first kappa shape index (κ1) is 34.4. The molecule has 1 spiro atoms. The van der Waals surface area contributed by atoms with Crippen LogP contribution in [0.2, 0.25) is 5.02 Å². The highest BCUT2D eigenvalue weighted by Crippen LogP contribution is 2.59. The SMILES string of the molecule is C[C@@H]1[C@@H](c2ccccc2)OC(=O)[C@@H]2[C@H]3O[C@@]4(C=C3Br)[C@H](C(=O)N(c3ccc(Cl)cc3)C/C=C\CCC(=O)N1C)N(CCCCO)C(=O)[C@@H]24. The molecule has 0 unspecified atom stereocenters. The lowest BCUT2D eigenvalue weighted by Crippen LogP contribution is -2.56. The third-order valence-corrected chi connectivity index (χ3v) is 10.9. The molecule has 0 saturated carbocycles. The van der Waals surface area contributed by atoms with Crippen LogP contribution in [0.5, 0.6) is 0 Å². The molecule has 0 aliphatic carbocycles. The molecule has 6 rings (SSSR count). The first-order chi connectivity index (χ1) is 23.1. The highest BCUT2D eigenvalue weighted by Gasteiger charge is 2.75. The molecule has 12 heteroatoms. The Kier molecular flexibility index (Phi) is 10.1. The topological polar surface area (TPSA) is 117 Å². The van der Waals surface area contributed by atoms with Gasteiger partial charge in [0.15, 0.2) is 0 Å². The van der Waals surface area contributed by atoms with E-state index in [4.69, 9.17) is 21.1 Å². The molecule has 1 N–H and O–H groups in total. The van der Waals surface area contributed by atoms with Gasteiger partial charge in [0.05, 0.1) is 12.0 Å². The summed E-state index contributed by atoms with van der Waals surface area (Å²) in [5.41, 5.74) is -0.167. The maximum atomic E-state index is 14.9. The van der Waals surface area contributed by atoms with Crippen molar-refractivity contribution in [2.75, 3.05) is 31.6 Å². The van der Waals surface area contributed by atoms with E-state index >= 15 is 0 Å². The summed E-state index contributed by atoms with van der Waals surface area (Å²) in [6.07, 6.45) is 5.34. The van der Waals surface area contributed by atoms with Gasteiger partial charge in [0.1, 0.15) is 29.8 Å². The molecule has 0 aromatic heterocycles. The minimum absolute atomic E-state index is 0.0636. The van der Waals surface area contributed by atoms with Crippen LogP contribution in [0.1, 0.15) is 44.3 Å². The van der Waals surface area contributed by atoms with E-state index in [1.807, 2.05) is 49.4 Å². The number of amides is 3. The highest BCUT2D eigenvalue weighted by atomic mass is 79.9. The largest absolute Gasteiger partial charge is 0.455 e. The van der Waals surface area contributed by atoms with Gasteiger partial charge in [-0.25, -0.2) is 0 Å². The van der Waals surface area contributed by atoms with Gasteiger partial charge >= 0.3 is 5.97 Å². The molecular weight excluding hydrogens is 702 g/mol. The number of hydrogen-bond acceptors (Lipinski definition) is 7. The van der Waals surface area contributed by atoms with E-state index in [0.717, 1.165) is 0 Å². The van der Waals surface area contributed by atoms with Gasteiger partial charge in [-0.05, 0) is 62.1 Å². The molecule has 2 fully saturated rings. The van der Waals surface area contributed by atoms with E-state index in [9.17, 15) is 24.3 Å². The van der Waals surface area contributed by atoms with Crippen molar-refractivity contribution in [2.45, 2.75) is 62.5 Å². The number of anilines is 1. The predicted molar refractivity (Wildman–Crippen MR) is 183 cm³/mol. The monoisotopic (exact) mass is 739 g/mol. The number of ether oxygens (including phenoxy) is 2. The first-order valence-electron chi connectivity index (χ1n) is 16.3. The fourth-order valence-electron chi connectivity index (χ4n) is 7.39. The van der Waals surface area contributed by atoms with Gasteiger partial charge in [0, 0.05) is 48.4 Å². The summed E-state index contributed by atoms with van der Waals surface area (Å²) >= 11 is 9.80. The van der Waals surface area contributed by atoms with Crippen LogP contribution in [0.25, 0.3) is 0 Å². The van der Waals surface area contributed by atoms with Crippen molar-refractivity contribution >= 4 is 56.9 Å². The zero-order valence-electron chi connectivity index (χ0n) is 26.8. The summed E-state index contributed by atoms with van der Waals surface area (Å²) in [6, 6.07) is 14.5. The maximum Gasteiger partial charge on any atom is 0.313 e. The third-order valence-electron chi connectivity index (χ3n) is 9.94. The predicted octanol–water partition coefficient (Wildman–Crippen LogP) is 4.80. The molecular formula is C36H39BrClN3O7. The van der Waals surface area contributed by atoms with E-state index in [-0.39, 0.29) is 43.8 Å². The standard InChI is InChI=1S/C36H39BrClN3O7/c1-22-30(23-11-5-3-6-12-23)47-35(46)28-29-33(44)41(19-9-10-20-42)32(36(29)21-26(37)31(28)48-36)34(45)40(25-16-14-24(38)15-17-25)18-8-4-7-13-27(43)39(22)2/h3-6,8,11-12,14-17,21-22,28-32,42H,7,9-10,13,18-20H2,1-2H3/b8-4-/t22-,28+,29-,30+,31+,32+,36-/m1/s1. The van der Waals surface area contributed by atoms with Crippen molar-refractivity contribution in [3.8, 4) is 0 Å². The summed E-state index contributed by atoms with van der Waals surface area (Å²) in [5.74, 6) is -3.60. The number of allylic oxidation sites excluding steroid dienone is 1. The molecule has 4 aliphatic rings. The average Bonchev–Trinajstić information content (AvgIpc) is 3.68. The van der Waals surface area contributed by atoms with Crippen LogP contribution in [0.4, 0.5) is 5.69 Å². The third kappa shape index (κ3) is 6.10. The maximum absolute atomic E-state index is 14.9. The lowest BCUT2D eigenvalue weighted by atomic mass is 9.74. The summed E-state index contributed by atoms with van der Waals surface area (Å²) in [5, 5.41) is 10.0. The van der Waals surface area contributed by atoms with Crippen molar-refractivity contribution in [3.63, 3.8) is 0 Å². The Bertz CT molecular complexity index is 1620. The lowest BCUT2D eigenvalue weighted by Gasteiger charge is -2.36. The van der Waals surface area contributed by atoms with Gasteiger partial charge in [0.25, 0.3) is 5.91 Å². The fraction of sp³-hybridized carbons (Fsp3) is 0.444. The first-order valence-corrected chi connectivity index (χ1v) is 17.5. The van der Waals surface area contributed by atoms with Crippen molar-refractivity contribution < 1.29 is 33.8 Å². The molecule has 7 atom stereocenters. The minimum atomic E-state index is -1.44. The molecule has 5 bridgehead atoms. The Morgan fingerprint density at radius 2 is 1.71 bits per heavy atom. The van der Waals surface area contributed by atoms with Crippen molar-refractivity contribution in [2.24, 2.45) is 11.8 Å². The Labute approximate surface area is 293 Å². The van der Waals surface area contributed by atoms with Crippen LogP contribution in [0, 0.1) is 11.8 Å². The second-order valence-corrected chi connectivity index (χ2v) is 14.1. The molecule has 2 aromatic rings. The quantitative estimate of drug-likeness (QED) is 0.257. The van der Waals surface area contributed by atoms with Gasteiger partial charge in [0.2, 0.25) is 11.8 Å². The zero-order valence-corrected chi connectivity index (χ0v) is 29.2. The summed E-state index contributed by atoms with van der Waals surface area (Å²) < 4.78 is 13.5. The van der Waals surface area contributed by atoms with E-state index in [0.29, 0.717) is 40.0 Å². The van der Waals surface area contributed by atoms with Crippen LogP contribution >= 0.6 is 27.5 Å². The van der Waals surface area contributed by atoms with E-state index in [1.54, 1.807) is 47.2 Å². The molecule has 2 aromatic carbocycles. The number of benzene rings is 2. The van der Waals surface area contributed by atoms with Gasteiger partial charge < -0.3 is 29.3 Å². The Morgan fingerprint density at radius 1 is 0.979 bits per heavy atom. The van der Waals surface area contributed by atoms with Crippen molar-refractivity contribution in [1.82, 2.24) is 9.80 Å². The van der Waals surface area contributed by atoms with Gasteiger partial charge in [-0.1, -0.05) is 70.0 Å². The van der Waals surface area contributed by atoms with E-state index < -0.39 is 47.7 Å². The minimum Gasteiger partial charge on any atom is -0.455 e. The number of esters is 1. The van der Waals surface area contributed by atoms with Crippen LogP contribution in [-0.4, -0.2) is 89.1 Å². The molecule has 10 nitrogen and oxygen atoms in total. The number of nitrogens with zero attached hydrogens (tertiary/aromatic N) is 3. The van der Waals surface area contributed by atoms with Gasteiger partial charge in [-0.3, -0.25) is 19.2 Å². The summed E-state index contributed by atoms with van der Waals surface area (Å²) in [4.78, 5) is 61.8.